The number of nitrogens with zero attached hydrogens (tertiary/aromatic N) is 3. The summed E-state index contributed by atoms with van der Waals surface area (Å²) in [6.45, 7) is 2.46. The van der Waals surface area contributed by atoms with E-state index in [1.807, 2.05) is 19.1 Å². The molecule has 0 saturated heterocycles. The van der Waals surface area contributed by atoms with E-state index in [4.69, 9.17) is 5.73 Å². The van der Waals surface area contributed by atoms with Crippen molar-refractivity contribution in [2.45, 2.75) is 6.92 Å². The number of nitrogens with two attached hydrogens (primary N) is 1. The second-order valence-electron chi connectivity index (χ2n) is 3.77. The molecule has 0 radical (unpaired) electrons. The third-order valence-electron chi connectivity index (χ3n) is 2.55. The second kappa shape index (κ2) is 5.27. The summed E-state index contributed by atoms with van der Waals surface area (Å²) in [6, 6.07) is 7.22. The smallest absolute Gasteiger partial charge is 0.261 e. The molecule has 1 heterocycles. The number of carbonyl (C=O) groups excluding carboxylic acids is 1. The minimum absolute atomic E-state index is 0.135. The van der Waals surface area contributed by atoms with Gasteiger partial charge in [0.1, 0.15) is 6.33 Å². The molecule has 0 aliphatic heterocycles. The zero-order valence-electron chi connectivity index (χ0n) is 10.1. The molecule has 0 spiro atoms. The first-order valence-corrected chi connectivity index (χ1v) is 5.64. The van der Waals surface area contributed by atoms with Crippen molar-refractivity contribution >= 4 is 17.3 Å². The third-order valence-corrected chi connectivity index (χ3v) is 2.55. The molecule has 0 unspecified atom stereocenters. The van der Waals surface area contributed by atoms with Crippen molar-refractivity contribution in [3.63, 3.8) is 0 Å². The monoisotopic (exact) mass is 242 g/mol. The molecule has 0 aliphatic rings. The lowest BCUT2D eigenvalue weighted by molar-refractivity contribution is 0.0987. The number of benzene rings is 1. The lowest BCUT2D eigenvalue weighted by atomic mass is 10.2. The lowest BCUT2D eigenvalue weighted by Gasteiger charge is -2.21. The van der Waals surface area contributed by atoms with Gasteiger partial charge in [0, 0.05) is 30.3 Å². The van der Waals surface area contributed by atoms with Crippen LogP contribution in [0, 0.1) is 0 Å². The van der Waals surface area contributed by atoms with E-state index in [0.29, 0.717) is 17.8 Å². The molecule has 5 nitrogen and oxygen atoms in total. The highest BCUT2D eigenvalue weighted by molar-refractivity contribution is 6.05. The van der Waals surface area contributed by atoms with E-state index in [-0.39, 0.29) is 5.91 Å². The van der Waals surface area contributed by atoms with Crippen LogP contribution in [0.3, 0.4) is 0 Å². The van der Waals surface area contributed by atoms with Crippen LogP contribution in [-0.2, 0) is 0 Å². The number of amides is 1. The van der Waals surface area contributed by atoms with Gasteiger partial charge in [0.05, 0.1) is 5.56 Å². The van der Waals surface area contributed by atoms with Crippen LogP contribution in [0.2, 0.25) is 0 Å². The van der Waals surface area contributed by atoms with Crippen LogP contribution in [0.4, 0.5) is 11.4 Å². The maximum absolute atomic E-state index is 12.3. The molecule has 5 heteroatoms. The van der Waals surface area contributed by atoms with Crippen molar-refractivity contribution in [2.24, 2.45) is 0 Å². The quantitative estimate of drug-likeness (QED) is 0.832. The Morgan fingerprint density at radius 3 is 2.67 bits per heavy atom. The van der Waals surface area contributed by atoms with Gasteiger partial charge >= 0.3 is 0 Å². The van der Waals surface area contributed by atoms with Crippen LogP contribution in [-0.4, -0.2) is 22.4 Å². The van der Waals surface area contributed by atoms with Crippen molar-refractivity contribution in [3.8, 4) is 0 Å². The van der Waals surface area contributed by atoms with Crippen LogP contribution < -0.4 is 10.6 Å². The summed E-state index contributed by atoms with van der Waals surface area (Å²) in [7, 11) is 0. The number of anilines is 2. The largest absolute Gasteiger partial charge is 0.399 e. The number of hydrogen-bond acceptors (Lipinski definition) is 4. The number of hydrogen-bond donors (Lipinski definition) is 1. The van der Waals surface area contributed by atoms with E-state index in [0.717, 1.165) is 5.69 Å². The maximum Gasteiger partial charge on any atom is 0.261 e. The van der Waals surface area contributed by atoms with Crippen LogP contribution in [0.15, 0.2) is 43.0 Å². The van der Waals surface area contributed by atoms with Gasteiger partial charge < -0.3 is 10.6 Å². The summed E-state index contributed by atoms with van der Waals surface area (Å²) in [4.78, 5) is 21.6. The third kappa shape index (κ3) is 2.45. The molecular weight excluding hydrogens is 228 g/mol. The highest BCUT2D eigenvalue weighted by Crippen LogP contribution is 2.19. The number of nitrogen functional groups attached to an aromatic ring is 1. The van der Waals surface area contributed by atoms with Crippen LogP contribution in [0.25, 0.3) is 0 Å². The van der Waals surface area contributed by atoms with Crippen LogP contribution in [0.5, 0.6) is 0 Å². The van der Waals surface area contributed by atoms with Crippen LogP contribution in [0.1, 0.15) is 17.3 Å². The van der Waals surface area contributed by atoms with E-state index >= 15 is 0 Å². The van der Waals surface area contributed by atoms with Crippen molar-refractivity contribution in [1.29, 1.82) is 0 Å². The predicted molar refractivity (Wildman–Crippen MR) is 70.2 cm³/mol. The Bertz CT molecular complexity index is 542. The molecule has 2 rings (SSSR count). The molecule has 2 aromatic rings. The topological polar surface area (TPSA) is 72.1 Å². The van der Waals surface area contributed by atoms with Gasteiger partial charge in [-0.1, -0.05) is 6.07 Å². The Balaban J connectivity index is 2.32. The molecule has 0 fully saturated rings. The summed E-state index contributed by atoms with van der Waals surface area (Å²) in [5.41, 5.74) is 7.58. The standard InChI is InChI=1S/C13H14N4O/c1-2-17(12-5-3-4-11(14)6-12)13(18)10-7-15-9-16-8-10/h3-9H,2,14H2,1H3. The van der Waals surface area contributed by atoms with Gasteiger partial charge in [-0.25, -0.2) is 9.97 Å². The molecule has 92 valence electrons. The molecular formula is C13H14N4O. The van der Waals surface area contributed by atoms with Crippen molar-refractivity contribution < 1.29 is 4.79 Å². The van der Waals surface area contributed by atoms with E-state index in [2.05, 4.69) is 9.97 Å². The molecule has 0 atom stereocenters. The first-order chi connectivity index (χ1) is 8.72. The van der Waals surface area contributed by atoms with E-state index in [9.17, 15) is 4.79 Å². The Hall–Kier alpha value is -2.43. The Kier molecular flexibility index (Phi) is 3.52. The first kappa shape index (κ1) is 12.0. The van der Waals surface area contributed by atoms with Crippen molar-refractivity contribution in [1.82, 2.24) is 9.97 Å². The maximum atomic E-state index is 12.3. The average molecular weight is 242 g/mol. The lowest BCUT2D eigenvalue weighted by Crippen LogP contribution is -2.30. The van der Waals surface area contributed by atoms with Gasteiger partial charge in [-0.2, -0.15) is 0 Å². The Morgan fingerprint density at radius 2 is 2.06 bits per heavy atom. The van der Waals surface area contributed by atoms with Crippen molar-refractivity contribution in [3.05, 3.63) is 48.5 Å². The summed E-state index contributed by atoms with van der Waals surface area (Å²) >= 11 is 0. The highest BCUT2D eigenvalue weighted by Gasteiger charge is 2.16. The van der Waals surface area contributed by atoms with E-state index < -0.39 is 0 Å². The summed E-state index contributed by atoms with van der Waals surface area (Å²) < 4.78 is 0. The van der Waals surface area contributed by atoms with Gasteiger partial charge in [0.2, 0.25) is 0 Å². The molecule has 0 aliphatic carbocycles. The second-order valence-corrected chi connectivity index (χ2v) is 3.77. The van der Waals surface area contributed by atoms with Gasteiger partial charge in [-0.3, -0.25) is 4.79 Å². The molecule has 1 aromatic carbocycles. The molecule has 18 heavy (non-hydrogen) atoms. The van der Waals surface area contributed by atoms with Gasteiger partial charge in [0.15, 0.2) is 0 Å². The van der Waals surface area contributed by atoms with E-state index in [1.54, 1.807) is 17.0 Å². The fraction of sp³-hybridized carbons (Fsp3) is 0.154. The first-order valence-electron chi connectivity index (χ1n) is 5.64. The van der Waals surface area contributed by atoms with Gasteiger partial charge in [-0.05, 0) is 25.1 Å². The molecule has 0 bridgehead atoms. The SMILES string of the molecule is CCN(C(=O)c1cncnc1)c1cccc(N)c1. The minimum atomic E-state index is -0.135. The van der Waals surface area contributed by atoms with E-state index in [1.165, 1.54) is 18.7 Å². The fourth-order valence-corrected chi connectivity index (χ4v) is 1.70. The molecule has 2 N–H and O–H groups in total. The zero-order valence-corrected chi connectivity index (χ0v) is 10.1. The predicted octanol–water partition coefficient (Wildman–Crippen LogP) is 1.73. The number of aromatic nitrogens is 2. The normalized spacial score (nSPS) is 10.1. The summed E-state index contributed by atoms with van der Waals surface area (Å²) in [5, 5.41) is 0. The Morgan fingerprint density at radius 1 is 1.33 bits per heavy atom. The van der Waals surface area contributed by atoms with Crippen LogP contribution >= 0.6 is 0 Å². The van der Waals surface area contributed by atoms with Gasteiger partial charge in [0.25, 0.3) is 5.91 Å². The summed E-state index contributed by atoms with van der Waals surface area (Å²) in [6.07, 6.45) is 4.40. The zero-order chi connectivity index (χ0) is 13.0. The molecule has 1 aromatic heterocycles. The van der Waals surface area contributed by atoms with Crippen molar-refractivity contribution in [2.75, 3.05) is 17.2 Å². The molecule has 0 saturated carbocycles. The minimum Gasteiger partial charge on any atom is -0.399 e. The molecule has 1 amide bonds. The Labute approximate surface area is 105 Å². The fourth-order valence-electron chi connectivity index (χ4n) is 1.70. The number of carbonyl (C=O) groups is 1. The summed E-state index contributed by atoms with van der Waals surface area (Å²) in [5.74, 6) is -0.135. The van der Waals surface area contributed by atoms with Gasteiger partial charge in [-0.15, -0.1) is 0 Å². The average Bonchev–Trinajstić information content (AvgIpc) is 2.40. The highest BCUT2D eigenvalue weighted by atomic mass is 16.2. The number of rotatable bonds is 3.